The fourth-order valence-corrected chi connectivity index (χ4v) is 3.02. The highest BCUT2D eigenvalue weighted by molar-refractivity contribution is 5.96. The van der Waals surface area contributed by atoms with Gasteiger partial charge < -0.3 is 9.80 Å². The van der Waals surface area contributed by atoms with Crippen LogP contribution in [0.4, 0.5) is 0 Å². The molecule has 0 aliphatic carbocycles. The molecule has 0 unspecified atom stereocenters. The Hall–Kier alpha value is -0.900. The van der Waals surface area contributed by atoms with Crippen molar-refractivity contribution < 1.29 is 9.59 Å². The molecule has 0 aromatic rings. The van der Waals surface area contributed by atoms with Gasteiger partial charge in [-0.1, -0.05) is 0 Å². The number of carbonyl (C=O) groups excluding carboxylic acids is 2. The summed E-state index contributed by atoms with van der Waals surface area (Å²) in [7, 11) is 0. The molecular formula is C14H24N2O2. The highest BCUT2D eigenvalue weighted by Crippen LogP contribution is 2.21. The molecule has 2 aliphatic heterocycles. The molecule has 18 heavy (non-hydrogen) atoms. The van der Waals surface area contributed by atoms with Gasteiger partial charge in [0, 0.05) is 19.6 Å². The average molecular weight is 252 g/mol. The largest absolute Gasteiger partial charge is 0.342 e. The molecule has 0 aromatic heterocycles. The molecule has 2 rings (SSSR count). The Morgan fingerprint density at radius 2 is 1.67 bits per heavy atom. The molecule has 0 atom stereocenters. The second kappa shape index (κ2) is 6.32. The normalized spacial score (nSPS) is 22.4. The third-order valence-corrected chi connectivity index (χ3v) is 4.08. The van der Waals surface area contributed by atoms with Crippen molar-refractivity contribution >= 4 is 11.7 Å². The Morgan fingerprint density at radius 3 is 2.22 bits per heavy atom. The molecule has 0 bridgehead atoms. The van der Waals surface area contributed by atoms with Crippen molar-refractivity contribution in [1.82, 2.24) is 9.80 Å². The van der Waals surface area contributed by atoms with Crippen LogP contribution in [0.15, 0.2) is 0 Å². The molecule has 4 heteroatoms. The van der Waals surface area contributed by atoms with Gasteiger partial charge in [-0.3, -0.25) is 9.59 Å². The van der Waals surface area contributed by atoms with Gasteiger partial charge in [0.15, 0.2) is 0 Å². The minimum absolute atomic E-state index is 0.0159. The van der Waals surface area contributed by atoms with Gasteiger partial charge in [-0.15, -0.1) is 0 Å². The van der Waals surface area contributed by atoms with E-state index in [9.17, 15) is 9.59 Å². The molecule has 0 N–H and O–H groups in total. The van der Waals surface area contributed by atoms with Crippen LogP contribution in [0.25, 0.3) is 0 Å². The number of Topliss-reactive ketones (excluding diaryl/α,β-unsaturated/α-hetero) is 1. The smallest absolute Gasteiger partial charge is 0.230 e. The minimum Gasteiger partial charge on any atom is -0.342 e. The summed E-state index contributed by atoms with van der Waals surface area (Å²) in [5.74, 6) is 0.728. The van der Waals surface area contributed by atoms with Gasteiger partial charge in [0.05, 0.1) is 6.42 Å². The van der Waals surface area contributed by atoms with Crippen molar-refractivity contribution in [2.45, 2.75) is 39.0 Å². The van der Waals surface area contributed by atoms with Crippen LogP contribution in [0.3, 0.4) is 0 Å². The number of hydrogen-bond donors (Lipinski definition) is 0. The molecule has 0 saturated carbocycles. The zero-order valence-electron chi connectivity index (χ0n) is 11.4. The predicted octanol–water partition coefficient (Wildman–Crippen LogP) is 1.30. The molecule has 4 nitrogen and oxygen atoms in total. The van der Waals surface area contributed by atoms with E-state index in [1.807, 2.05) is 4.90 Å². The lowest BCUT2D eigenvalue weighted by Gasteiger charge is -2.33. The van der Waals surface area contributed by atoms with E-state index in [2.05, 4.69) is 4.90 Å². The summed E-state index contributed by atoms with van der Waals surface area (Å²) in [5.41, 5.74) is 0. The van der Waals surface area contributed by atoms with E-state index >= 15 is 0 Å². The first kappa shape index (κ1) is 13.5. The third-order valence-electron chi connectivity index (χ3n) is 4.08. The first-order valence-electron chi connectivity index (χ1n) is 7.14. The molecule has 0 radical (unpaired) electrons. The van der Waals surface area contributed by atoms with Gasteiger partial charge in [0.1, 0.15) is 5.78 Å². The number of nitrogens with zero attached hydrogens (tertiary/aromatic N) is 2. The summed E-state index contributed by atoms with van der Waals surface area (Å²) < 4.78 is 0. The van der Waals surface area contributed by atoms with Crippen LogP contribution in [0.1, 0.15) is 39.0 Å². The first-order valence-corrected chi connectivity index (χ1v) is 7.14. The highest BCUT2D eigenvalue weighted by Gasteiger charge is 2.25. The Morgan fingerprint density at radius 1 is 1.06 bits per heavy atom. The molecule has 1 amide bonds. The number of likely N-dealkylation sites (tertiary alicyclic amines) is 2. The molecular weight excluding hydrogens is 228 g/mol. The lowest BCUT2D eigenvalue weighted by Crippen LogP contribution is -2.41. The Labute approximate surface area is 109 Å². The third kappa shape index (κ3) is 3.80. The maximum Gasteiger partial charge on any atom is 0.230 e. The van der Waals surface area contributed by atoms with E-state index < -0.39 is 0 Å². The standard InChI is InChI=1S/C14H24N2O2/c1-12(17)10-14(18)16-8-4-13(5-9-16)11-15-6-2-3-7-15/h13H,2-11H2,1H3. The van der Waals surface area contributed by atoms with E-state index in [4.69, 9.17) is 0 Å². The molecule has 102 valence electrons. The van der Waals surface area contributed by atoms with Crippen molar-refractivity contribution in [2.75, 3.05) is 32.7 Å². The SMILES string of the molecule is CC(=O)CC(=O)N1CCC(CN2CCCC2)CC1. The van der Waals surface area contributed by atoms with Crippen molar-refractivity contribution in [3.63, 3.8) is 0 Å². The monoisotopic (exact) mass is 252 g/mol. The first-order chi connectivity index (χ1) is 8.65. The van der Waals surface area contributed by atoms with E-state index in [1.165, 1.54) is 39.4 Å². The van der Waals surface area contributed by atoms with Crippen LogP contribution in [-0.2, 0) is 9.59 Å². The molecule has 0 aromatic carbocycles. The lowest BCUT2D eigenvalue weighted by molar-refractivity contribution is -0.136. The summed E-state index contributed by atoms with van der Waals surface area (Å²) in [6.45, 7) is 6.87. The highest BCUT2D eigenvalue weighted by atomic mass is 16.2. The number of rotatable bonds is 4. The van der Waals surface area contributed by atoms with Crippen molar-refractivity contribution in [3.05, 3.63) is 0 Å². The fourth-order valence-electron chi connectivity index (χ4n) is 3.02. The maximum atomic E-state index is 11.8. The summed E-state index contributed by atoms with van der Waals surface area (Å²) in [5, 5.41) is 0. The number of hydrogen-bond acceptors (Lipinski definition) is 3. The van der Waals surface area contributed by atoms with Crippen molar-refractivity contribution in [1.29, 1.82) is 0 Å². The molecule has 0 spiro atoms. The van der Waals surface area contributed by atoms with Crippen molar-refractivity contribution in [3.8, 4) is 0 Å². The summed E-state index contributed by atoms with van der Waals surface area (Å²) in [4.78, 5) is 27.1. The summed E-state index contributed by atoms with van der Waals surface area (Å²) >= 11 is 0. The van der Waals surface area contributed by atoms with Crippen molar-refractivity contribution in [2.24, 2.45) is 5.92 Å². The van der Waals surface area contributed by atoms with Crippen LogP contribution in [-0.4, -0.2) is 54.2 Å². The van der Waals surface area contributed by atoms with E-state index in [1.54, 1.807) is 0 Å². The van der Waals surface area contributed by atoms with Crippen LogP contribution in [0.2, 0.25) is 0 Å². The molecule has 2 saturated heterocycles. The quantitative estimate of drug-likeness (QED) is 0.708. The molecule has 2 fully saturated rings. The van der Waals surface area contributed by atoms with E-state index in [0.717, 1.165) is 31.8 Å². The second-order valence-electron chi connectivity index (χ2n) is 5.71. The van der Waals surface area contributed by atoms with Gasteiger partial charge >= 0.3 is 0 Å². The van der Waals surface area contributed by atoms with Crippen LogP contribution < -0.4 is 0 Å². The predicted molar refractivity (Wildman–Crippen MR) is 70.3 cm³/mol. The van der Waals surface area contributed by atoms with Gasteiger partial charge in [-0.05, 0) is 51.6 Å². The summed E-state index contributed by atoms with van der Waals surface area (Å²) in [6.07, 6.45) is 4.96. The van der Waals surface area contributed by atoms with Crippen LogP contribution >= 0.6 is 0 Å². The van der Waals surface area contributed by atoms with Crippen LogP contribution in [0.5, 0.6) is 0 Å². The summed E-state index contributed by atoms with van der Waals surface area (Å²) in [6, 6.07) is 0. The zero-order chi connectivity index (χ0) is 13.0. The maximum absolute atomic E-state index is 11.8. The molecule has 2 heterocycles. The van der Waals surface area contributed by atoms with Gasteiger partial charge in [0.25, 0.3) is 0 Å². The Kier molecular flexibility index (Phi) is 4.75. The molecule has 2 aliphatic rings. The second-order valence-corrected chi connectivity index (χ2v) is 5.71. The zero-order valence-corrected chi connectivity index (χ0v) is 11.4. The number of amides is 1. The average Bonchev–Trinajstić information content (AvgIpc) is 2.82. The number of carbonyl (C=O) groups is 2. The number of ketones is 1. The van der Waals surface area contributed by atoms with Gasteiger partial charge in [-0.2, -0.15) is 0 Å². The number of piperidine rings is 1. The Balaban J connectivity index is 1.70. The minimum atomic E-state index is -0.0285. The van der Waals surface area contributed by atoms with E-state index in [-0.39, 0.29) is 18.1 Å². The fraction of sp³-hybridized carbons (Fsp3) is 0.857. The van der Waals surface area contributed by atoms with Gasteiger partial charge in [0.2, 0.25) is 5.91 Å². The topological polar surface area (TPSA) is 40.6 Å². The van der Waals surface area contributed by atoms with Crippen LogP contribution in [0, 0.1) is 5.92 Å². The Bertz CT molecular complexity index is 303. The lowest BCUT2D eigenvalue weighted by atomic mass is 9.96. The van der Waals surface area contributed by atoms with E-state index in [0.29, 0.717) is 0 Å². The van der Waals surface area contributed by atoms with Gasteiger partial charge in [-0.25, -0.2) is 0 Å².